The van der Waals surface area contributed by atoms with E-state index in [1.165, 1.54) is 24.0 Å². The van der Waals surface area contributed by atoms with Gasteiger partial charge in [0, 0.05) is 0 Å². The van der Waals surface area contributed by atoms with Crippen molar-refractivity contribution in [2.75, 3.05) is 0 Å². The first-order valence-corrected chi connectivity index (χ1v) is 7.57. The molecule has 0 fully saturated rings. The molecule has 0 aromatic heterocycles. The van der Waals surface area contributed by atoms with Gasteiger partial charge in [-0.1, -0.05) is 54.4 Å². The van der Waals surface area contributed by atoms with E-state index in [9.17, 15) is 0 Å². The second kappa shape index (κ2) is 11.9. The summed E-state index contributed by atoms with van der Waals surface area (Å²) in [5, 5.41) is 0. The summed E-state index contributed by atoms with van der Waals surface area (Å²) >= 11 is 0. The molecule has 0 bridgehead atoms. The van der Waals surface area contributed by atoms with Crippen molar-refractivity contribution in [1.82, 2.24) is 0 Å². The van der Waals surface area contributed by atoms with E-state index in [1.807, 2.05) is 0 Å². The summed E-state index contributed by atoms with van der Waals surface area (Å²) in [6, 6.07) is 17.1. The van der Waals surface area contributed by atoms with Crippen LogP contribution in [-0.4, -0.2) is 0 Å². The fourth-order valence-corrected chi connectivity index (χ4v) is 2.29. The van der Waals surface area contributed by atoms with Gasteiger partial charge in [-0.15, -0.1) is 0 Å². The van der Waals surface area contributed by atoms with Gasteiger partial charge in [-0.05, 0) is 10.8 Å². The van der Waals surface area contributed by atoms with E-state index < -0.39 is 0 Å². The SMILES string of the molecule is CC(C)(C)C[c-]1cccc1.CC(C)(C)C[c-]1cccc1.[F-].[F-].[Zr+4]. The Balaban J connectivity index is -0.000000308. The molecule has 0 heterocycles. The largest absolute Gasteiger partial charge is 4.00 e. The summed E-state index contributed by atoms with van der Waals surface area (Å²) in [5.41, 5.74) is 3.75. The van der Waals surface area contributed by atoms with E-state index >= 15 is 0 Å². The van der Waals surface area contributed by atoms with E-state index in [4.69, 9.17) is 0 Å². The Bertz CT molecular complexity index is 410. The minimum atomic E-state index is 0. The molecular weight excluding hydrogens is 369 g/mol. The van der Waals surface area contributed by atoms with Crippen molar-refractivity contribution in [3.8, 4) is 0 Å². The number of rotatable bonds is 2. The Morgan fingerprint density at radius 3 is 0.957 bits per heavy atom. The van der Waals surface area contributed by atoms with Crippen LogP contribution in [-0.2, 0) is 39.0 Å². The molecule has 0 aliphatic rings. The fourth-order valence-electron chi connectivity index (χ4n) is 2.29. The maximum atomic E-state index is 2.26. The summed E-state index contributed by atoms with van der Waals surface area (Å²) < 4.78 is 0. The van der Waals surface area contributed by atoms with Crippen LogP contribution in [0.4, 0.5) is 0 Å². The first-order valence-electron chi connectivity index (χ1n) is 7.57. The van der Waals surface area contributed by atoms with Gasteiger partial charge in [0.05, 0.1) is 0 Å². The molecule has 0 atom stereocenters. The van der Waals surface area contributed by atoms with Crippen molar-refractivity contribution in [3.05, 3.63) is 59.7 Å². The molecular formula is C20H30F2Zr. The summed E-state index contributed by atoms with van der Waals surface area (Å²) in [7, 11) is 0. The van der Waals surface area contributed by atoms with Crippen molar-refractivity contribution < 1.29 is 35.6 Å². The van der Waals surface area contributed by atoms with Gasteiger partial charge < -0.3 is 9.41 Å². The van der Waals surface area contributed by atoms with E-state index in [2.05, 4.69) is 90.1 Å². The topological polar surface area (TPSA) is 0 Å². The maximum Gasteiger partial charge on any atom is 4.00 e. The van der Waals surface area contributed by atoms with Gasteiger partial charge in [0.25, 0.3) is 0 Å². The fraction of sp³-hybridized carbons (Fsp3) is 0.500. The molecule has 2 aromatic rings. The summed E-state index contributed by atoms with van der Waals surface area (Å²) in [5.74, 6) is 0. The van der Waals surface area contributed by atoms with Crippen LogP contribution in [0.5, 0.6) is 0 Å². The van der Waals surface area contributed by atoms with Gasteiger partial charge in [-0.3, -0.25) is 0 Å². The van der Waals surface area contributed by atoms with Crippen LogP contribution in [0.25, 0.3) is 0 Å². The number of hydrogen-bond donors (Lipinski definition) is 0. The quantitative estimate of drug-likeness (QED) is 0.624. The van der Waals surface area contributed by atoms with E-state index in [-0.39, 0.29) is 35.6 Å². The van der Waals surface area contributed by atoms with Crippen LogP contribution in [0.3, 0.4) is 0 Å². The molecule has 128 valence electrons. The molecule has 3 heteroatoms. The van der Waals surface area contributed by atoms with Crippen LogP contribution >= 0.6 is 0 Å². The predicted molar refractivity (Wildman–Crippen MR) is 90.4 cm³/mol. The Morgan fingerprint density at radius 1 is 0.565 bits per heavy atom. The molecule has 0 nitrogen and oxygen atoms in total. The molecule has 23 heavy (non-hydrogen) atoms. The van der Waals surface area contributed by atoms with Crippen LogP contribution in [0.15, 0.2) is 48.5 Å². The van der Waals surface area contributed by atoms with Crippen LogP contribution in [0, 0.1) is 10.8 Å². The van der Waals surface area contributed by atoms with E-state index in [1.54, 1.807) is 0 Å². The summed E-state index contributed by atoms with van der Waals surface area (Å²) in [6.45, 7) is 13.6. The second-order valence-electron chi connectivity index (χ2n) is 8.06. The van der Waals surface area contributed by atoms with Crippen LogP contribution < -0.4 is 9.41 Å². The molecule has 0 aliphatic carbocycles. The summed E-state index contributed by atoms with van der Waals surface area (Å²) in [6.07, 6.45) is 2.36. The molecule has 2 aromatic carbocycles. The van der Waals surface area contributed by atoms with Crippen molar-refractivity contribution in [2.45, 2.75) is 54.4 Å². The smallest absolute Gasteiger partial charge is 1.00 e. The molecule has 2 rings (SSSR count). The van der Waals surface area contributed by atoms with Crippen molar-refractivity contribution in [3.63, 3.8) is 0 Å². The minimum absolute atomic E-state index is 0. The molecule has 0 aliphatic heterocycles. The predicted octanol–water partition coefficient (Wildman–Crippen LogP) is -0.00630. The normalized spacial score (nSPS) is 10.3. The zero-order valence-corrected chi connectivity index (χ0v) is 17.7. The molecule has 0 radical (unpaired) electrons. The maximum absolute atomic E-state index is 2.26. The Labute approximate surface area is 160 Å². The molecule has 0 spiro atoms. The Hall–Kier alpha value is -0.557. The average Bonchev–Trinajstić information content (AvgIpc) is 2.87. The summed E-state index contributed by atoms with van der Waals surface area (Å²) in [4.78, 5) is 0. The van der Waals surface area contributed by atoms with Gasteiger partial charge in [-0.25, -0.2) is 24.3 Å². The average molecular weight is 400 g/mol. The first kappa shape index (κ1) is 27.3. The van der Waals surface area contributed by atoms with E-state index in [0.29, 0.717) is 10.8 Å². The molecule has 0 unspecified atom stereocenters. The third-order valence-corrected chi connectivity index (χ3v) is 2.93. The van der Waals surface area contributed by atoms with Gasteiger partial charge in [-0.2, -0.15) is 35.4 Å². The van der Waals surface area contributed by atoms with Crippen molar-refractivity contribution in [2.24, 2.45) is 10.8 Å². The van der Waals surface area contributed by atoms with Gasteiger partial charge in [0.15, 0.2) is 0 Å². The number of halogens is 2. The van der Waals surface area contributed by atoms with Gasteiger partial charge in [0.1, 0.15) is 0 Å². The van der Waals surface area contributed by atoms with Crippen molar-refractivity contribution in [1.29, 1.82) is 0 Å². The zero-order chi connectivity index (χ0) is 15.2. The number of hydrogen-bond acceptors (Lipinski definition) is 0. The molecule has 0 saturated carbocycles. The third-order valence-electron chi connectivity index (χ3n) is 2.93. The standard InChI is InChI=1S/2C10H15.2FH.Zr/c2*1-10(2,3)8-9-6-4-5-7-9;;;/h2*4-7H,8H2,1-3H3;2*1H;/q2*-1;;;+4/p-2. The molecule has 0 amide bonds. The van der Waals surface area contributed by atoms with E-state index in [0.717, 1.165) is 0 Å². The van der Waals surface area contributed by atoms with Crippen LogP contribution in [0.2, 0.25) is 0 Å². The Kier molecular flexibility index (Phi) is 14.1. The molecule has 0 saturated heterocycles. The Morgan fingerprint density at radius 2 is 0.783 bits per heavy atom. The monoisotopic (exact) mass is 398 g/mol. The second-order valence-corrected chi connectivity index (χ2v) is 8.06. The zero-order valence-electron chi connectivity index (χ0n) is 15.3. The third kappa shape index (κ3) is 14.7. The minimum Gasteiger partial charge on any atom is -1.00 e. The first-order chi connectivity index (χ1) is 9.16. The van der Waals surface area contributed by atoms with Crippen LogP contribution in [0.1, 0.15) is 52.7 Å². The van der Waals surface area contributed by atoms with Gasteiger partial charge in [0.2, 0.25) is 0 Å². The van der Waals surface area contributed by atoms with Gasteiger partial charge >= 0.3 is 26.2 Å². The molecule has 0 N–H and O–H groups in total. The van der Waals surface area contributed by atoms with Crippen molar-refractivity contribution >= 4 is 0 Å².